The predicted molar refractivity (Wildman–Crippen MR) is 53.9 cm³/mol. The summed E-state index contributed by atoms with van der Waals surface area (Å²) < 4.78 is 32.8. The first-order valence-corrected chi connectivity index (χ1v) is 4.57. The average molecular weight is 241 g/mol. The summed E-state index contributed by atoms with van der Waals surface area (Å²) in [4.78, 5) is 11.3. The molecule has 0 saturated heterocycles. The normalized spacial score (nSPS) is 9.88. The number of rotatable bonds is 3. The monoisotopic (exact) mass is 241 g/mol. The van der Waals surface area contributed by atoms with Crippen LogP contribution in [0.4, 0.5) is 8.78 Å². The van der Waals surface area contributed by atoms with Crippen LogP contribution in [0, 0.1) is 18.3 Å². The number of methoxy groups -OCH3 is 1. The first-order valence-electron chi connectivity index (χ1n) is 4.57. The van der Waals surface area contributed by atoms with Crippen molar-refractivity contribution >= 4 is 5.97 Å². The Labute approximate surface area is 96.4 Å². The van der Waals surface area contributed by atoms with Gasteiger partial charge in [0.1, 0.15) is 11.8 Å². The zero-order chi connectivity index (χ0) is 13.0. The van der Waals surface area contributed by atoms with Crippen molar-refractivity contribution in [3.8, 4) is 11.8 Å². The molecular formula is C11H9F2NO3. The molecule has 0 N–H and O–H groups in total. The first kappa shape index (κ1) is 12.9. The Balaban J connectivity index is 3.26. The number of carbonyl (C=O) groups is 1. The summed E-state index contributed by atoms with van der Waals surface area (Å²) in [6.45, 7) is -1.49. The highest BCUT2D eigenvalue weighted by atomic mass is 19.3. The third-order valence-corrected chi connectivity index (χ3v) is 2.06. The number of benzene rings is 1. The van der Waals surface area contributed by atoms with E-state index >= 15 is 0 Å². The summed E-state index contributed by atoms with van der Waals surface area (Å²) >= 11 is 0. The number of nitriles is 1. The first-order chi connectivity index (χ1) is 7.99. The van der Waals surface area contributed by atoms with E-state index in [9.17, 15) is 13.6 Å². The lowest BCUT2D eigenvalue weighted by Gasteiger charge is -2.10. The van der Waals surface area contributed by atoms with Gasteiger partial charge in [-0.2, -0.15) is 14.0 Å². The second-order valence-electron chi connectivity index (χ2n) is 3.15. The summed E-state index contributed by atoms with van der Waals surface area (Å²) in [6.07, 6.45) is 0. The van der Waals surface area contributed by atoms with Crippen molar-refractivity contribution < 1.29 is 23.0 Å². The largest absolute Gasteiger partial charge is 0.465 e. The Morgan fingerprint density at radius 2 is 2.12 bits per heavy atom. The van der Waals surface area contributed by atoms with Crippen molar-refractivity contribution in [1.82, 2.24) is 0 Å². The van der Waals surface area contributed by atoms with Crippen molar-refractivity contribution in [2.45, 2.75) is 13.5 Å². The molecule has 0 saturated carbocycles. The molecule has 0 atom stereocenters. The Kier molecular flexibility index (Phi) is 3.99. The maximum atomic E-state index is 12.1. The van der Waals surface area contributed by atoms with E-state index in [-0.39, 0.29) is 16.9 Å². The molecule has 1 rings (SSSR count). The number of aryl methyl sites for hydroxylation is 1. The van der Waals surface area contributed by atoms with E-state index in [0.717, 1.165) is 6.07 Å². The molecule has 90 valence electrons. The standard InChI is InChI=1S/C11H9F2NO3/c1-6-3-8(10(15)16-2)7(5-14)4-9(6)17-11(12)13/h3-4,11H,1-2H3. The summed E-state index contributed by atoms with van der Waals surface area (Å²) in [5.41, 5.74) is 0.275. The van der Waals surface area contributed by atoms with Crippen molar-refractivity contribution in [2.75, 3.05) is 7.11 Å². The molecule has 6 heteroatoms. The second kappa shape index (κ2) is 5.25. The van der Waals surface area contributed by atoms with Crippen LogP contribution < -0.4 is 4.74 Å². The minimum Gasteiger partial charge on any atom is -0.465 e. The van der Waals surface area contributed by atoms with Crippen LogP contribution in [0.15, 0.2) is 12.1 Å². The second-order valence-corrected chi connectivity index (χ2v) is 3.15. The number of ether oxygens (including phenoxy) is 2. The Bertz CT molecular complexity index is 480. The van der Waals surface area contributed by atoms with Crippen LogP contribution >= 0.6 is 0 Å². The summed E-state index contributed by atoms with van der Waals surface area (Å²) in [5, 5.41) is 8.81. The highest BCUT2D eigenvalue weighted by molar-refractivity contribution is 5.92. The van der Waals surface area contributed by atoms with E-state index in [1.165, 1.54) is 20.1 Å². The highest BCUT2D eigenvalue weighted by Crippen LogP contribution is 2.24. The minimum absolute atomic E-state index is 0.0223. The van der Waals surface area contributed by atoms with Gasteiger partial charge in [0.05, 0.1) is 18.2 Å². The quantitative estimate of drug-likeness (QED) is 0.761. The van der Waals surface area contributed by atoms with E-state index in [1.54, 1.807) is 6.07 Å². The van der Waals surface area contributed by atoms with Gasteiger partial charge >= 0.3 is 12.6 Å². The lowest BCUT2D eigenvalue weighted by atomic mass is 10.0. The van der Waals surface area contributed by atoms with E-state index < -0.39 is 12.6 Å². The van der Waals surface area contributed by atoms with Gasteiger partial charge in [0.25, 0.3) is 0 Å². The molecule has 0 aromatic heterocycles. The fourth-order valence-electron chi connectivity index (χ4n) is 1.28. The van der Waals surface area contributed by atoms with E-state index in [2.05, 4.69) is 9.47 Å². The van der Waals surface area contributed by atoms with Crippen LogP contribution in [-0.2, 0) is 4.74 Å². The molecule has 0 spiro atoms. The van der Waals surface area contributed by atoms with Gasteiger partial charge in [-0.05, 0) is 24.6 Å². The topological polar surface area (TPSA) is 59.3 Å². The van der Waals surface area contributed by atoms with Gasteiger partial charge in [-0.3, -0.25) is 0 Å². The van der Waals surface area contributed by atoms with E-state index in [4.69, 9.17) is 5.26 Å². The molecule has 0 fully saturated rings. The number of nitrogens with zero attached hydrogens (tertiary/aromatic N) is 1. The fourth-order valence-corrected chi connectivity index (χ4v) is 1.28. The van der Waals surface area contributed by atoms with Gasteiger partial charge in [-0.1, -0.05) is 0 Å². The lowest BCUT2D eigenvalue weighted by Crippen LogP contribution is -2.08. The molecule has 1 aromatic rings. The Hall–Kier alpha value is -2.16. The number of carbonyl (C=O) groups excluding carboxylic acids is 1. The Morgan fingerprint density at radius 3 is 2.59 bits per heavy atom. The average Bonchev–Trinajstić information content (AvgIpc) is 2.29. The van der Waals surface area contributed by atoms with Gasteiger partial charge in [0, 0.05) is 0 Å². The number of hydrogen-bond donors (Lipinski definition) is 0. The van der Waals surface area contributed by atoms with Crippen LogP contribution in [0.3, 0.4) is 0 Å². The molecule has 1 aromatic carbocycles. The fraction of sp³-hybridized carbons (Fsp3) is 0.273. The van der Waals surface area contributed by atoms with E-state index in [1.807, 2.05) is 0 Å². The Morgan fingerprint density at radius 1 is 1.47 bits per heavy atom. The van der Waals surface area contributed by atoms with Crippen LogP contribution in [-0.4, -0.2) is 19.7 Å². The van der Waals surface area contributed by atoms with Crippen molar-refractivity contribution in [3.63, 3.8) is 0 Å². The maximum Gasteiger partial charge on any atom is 0.387 e. The third kappa shape index (κ3) is 2.91. The number of hydrogen-bond acceptors (Lipinski definition) is 4. The van der Waals surface area contributed by atoms with E-state index in [0.29, 0.717) is 5.56 Å². The molecule has 0 heterocycles. The zero-order valence-electron chi connectivity index (χ0n) is 9.16. The molecule has 4 nitrogen and oxygen atoms in total. The van der Waals surface area contributed by atoms with Crippen LogP contribution in [0.1, 0.15) is 21.5 Å². The lowest BCUT2D eigenvalue weighted by molar-refractivity contribution is -0.0503. The minimum atomic E-state index is -2.98. The third-order valence-electron chi connectivity index (χ3n) is 2.06. The van der Waals surface area contributed by atoms with Crippen molar-refractivity contribution in [1.29, 1.82) is 5.26 Å². The van der Waals surface area contributed by atoms with Gasteiger partial charge in [0.2, 0.25) is 0 Å². The predicted octanol–water partition coefficient (Wildman–Crippen LogP) is 2.25. The zero-order valence-corrected chi connectivity index (χ0v) is 9.16. The summed E-state index contributed by atoms with van der Waals surface area (Å²) in [5.74, 6) is -0.836. The van der Waals surface area contributed by atoms with Gasteiger partial charge < -0.3 is 9.47 Å². The van der Waals surface area contributed by atoms with Crippen molar-refractivity contribution in [2.24, 2.45) is 0 Å². The molecule has 0 amide bonds. The molecule has 0 aliphatic heterocycles. The number of alkyl halides is 2. The van der Waals surface area contributed by atoms with Crippen LogP contribution in [0.2, 0.25) is 0 Å². The molecule has 0 unspecified atom stereocenters. The number of halogens is 2. The maximum absolute atomic E-state index is 12.1. The highest BCUT2D eigenvalue weighted by Gasteiger charge is 2.16. The van der Waals surface area contributed by atoms with Crippen LogP contribution in [0.25, 0.3) is 0 Å². The smallest absolute Gasteiger partial charge is 0.387 e. The number of esters is 1. The van der Waals surface area contributed by atoms with Gasteiger partial charge in [0.15, 0.2) is 0 Å². The van der Waals surface area contributed by atoms with Gasteiger partial charge in [-0.25, -0.2) is 4.79 Å². The molecule has 0 bridgehead atoms. The SMILES string of the molecule is COC(=O)c1cc(C)c(OC(F)F)cc1C#N. The molecule has 0 radical (unpaired) electrons. The molecular weight excluding hydrogens is 232 g/mol. The van der Waals surface area contributed by atoms with Crippen LogP contribution in [0.5, 0.6) is 5.75 Å². The molecule has 0 aliphatic rings. The summed E-state index contributed by atoms with van der Waals surface area (Å²) in [7, 11) is 1.17. The molecule has 0 aliphatic carbocycles. The van der Waals surface area contributed by atoms with Crippen molar-refractivity contribution in [3.05, 3.63) is 28.8 Å². The molecule has 17 heavy (non-hydrogen) atoms. The van der Waals surface area contributed by atoms with Gasteiger partial charge in [-0.15, -0.1) is 0 Å². The summed E-state index contributed by atoms with van der Waals surface area (Å²) in [6, 6.07) is 4.10.